The predicted molar refractivity (Wildman–Crippen MR) is 82.8 cm³/mol. The van der Waals surface area contributed by atoms with Crippen molar-refractivity contribution in [1.29, 1.82) is 0 Å². The SMILES string of the molecule is CN(C(=O)OC(C)(C)C)C(CCOC1C=CCCC1)C(=O)O. The second kappa shape index (κ2) is 8.17. The third-order valence-corrected chi connectivity index (χ3v) is 3.37. The molecule has 0 aromatic heterocycles. The van der Waals surface area contributed by atoms with Crippen molar-refractivity contribution in [3.05, 3.63) is 12.2 Å². The number of hydrogen-bond acceptors (Lipinski definition) is 4. The molecular formula is C16H27NO5. The monoisotopic (exact) mass is 313 g/mol. The number of ether oxygens (including phenoxy) is 2. The third kappa shape index (κ3) is 6.47. The predicted octanol–water partition coefficient (Wildman–Crippen LogP) is 2.82. The van der Waals surface area contributed by atoms with Gasteiger partial charge in [0.05, 0.1) is 6.10 Å². The average Bonchev–Trinajstić information content (AvgIpc) is 2.42. The van der Waals surface area contributed by atoms with E-state index in [0.717, 1.165) is 24.2 Å². The highest BCUT2D eigenvalue weighted by Crippen LogP contribution is 2.16. The summed E-state index contributed by atoms with van der Waals surface area (Å²) in [5, 5.41) is 9.31. The highest BCUT2D eigenvalue weighted by Gasteiger charge is 2.30. The first-order chi connectivity index (χ1) is 10.2. The summed E-state index contributed by atoms with van der Waals surface area (Å²) < 4.78 is 10.9. The molecule has 0 radical (unpaired) electrons. The lowest BCUT2D eigenvalue weighted by atomic mass is 10.1. The number of allylic oxidation sites excluding steroid dienone is 1. The average molecular weight is 313 g/mol. The molecule has 1 amide bonds. The van der Waals surface area contributed by atoms with Crippen molar-refractivity contribution in [2.75, 3.05) is 13.7 Å². The lowest BCUT2D eigenvalue weighted by Crippen LogP contribution is -2.45. The van der Waals surface area contributed by atoms with Gasteiger partial charge in [0, 0.05) is 20.1 Å². The Kier molecular flexibility index (Phi) is 6.87. The van der Waals surface area contributed by atoms with Crippen molar-refractivity contribution in [2.45, 2.75) is 64.2 Å². The van der Waals surface area contributed by atoms with Gasteiger partial charge in [-0.2, -0.15) is 0 Å². The van der Waals surface area contributed by atoms with Crippen molar-refractivity contribution in [3.8, 4) is 0 Å². The van der Waals surface area contributed by atoms with E-state index in [-0.39, 0.29) is 12.5 Å². The molecule has 6 nitrogen and oxygen atoms in total. The first-order valence-electron chi connectivity index (χ1n) is 7.67. The van der Waals surface area contributed by atoms with Crippen LogP contribution in [0.5, 0.6) is 0 Å². The number of aliphatic carboxylic acids is 1. The lowest BCUT2D eigenvalue weighted by Gasteiger charge is -2.28. The molecule has 1 aliphatic carbocycles. The van der Waals surface area contributed by atoms with Gasteiger partial charge in [-0.3, -0.25) is 4.90 Å². The number of carboxylic acid groups (broad SMARTS) is 1. The molecular weight excluding hydrogens is 286 g/mol. The van der Waals surface area contributed by atoms with Crippen LogP contribution >= 0.6 is 0 Å². The Morgan fingerprint density at radius 3 is 2.59 bits per heavy atom. The molecule has 2 atom stereocenters. The molecule has 0 heterocycles. The first-order valence-corrected chi connectivity index (χ1v) is 7.67. The number of carbonyl (C=O) groups excluding carboxylic acids is 1. The summed E-state index contributed by atoms with van der Waals surface area (Å²) in [6.07, 6.45) is 6.84. The number of nitrogens with zero attached hydrogens (tertiary/aromatic N) is 1. The van der Waals surface area contributed by atoms with Crippen LogP contribution in [0.25, 0.3) is 0 Å². The highest BCUT2D eigenvalue weighted by atomic mass is 16.6. The number of amides is 1. The highest BCUT2D eigenvalue weighted by molar-refractivity contribution is 5.79. The maximum atomic E-state index is 12.0. The number of rotatable bonds is 6. The van der Waals surface area contributed by atoms with Crippen molar-refractivity contribution in [3.63, 3.8) is 0 Å². The normalized spacial score (nSPS) is 19.5. The molecule has 0 aliphatic heterocycles. The largest absolute Gasteiger partial charge is 0.480 e. The number of hydrogen-bond donors (Lipinski definition) is 1. The Morgan fingerprint density at radius 1 is 1.41 bits per heavy atom. The van der Waals surface area contributed by atoms with Crippen molar-refractivity contribution in [1.82, 2.24) is 4.90 Å². The lowest BCUT2D eigenvalue weighted by molar-refractivity contribution is -0.143. The minimum absolute atomic E-state index is 0.0510. The molecule has 0 aromatic carbocycles. The fourth-order valence-electron chi connectivity index (χ4n) is 2.20. The van der Waals surface area contributed by atoms with E-state index in [9.17, 15) is 14.7 Å². The molecule has 2 unspecified atom stereocenters. The molecule has 0 saturated heterocycles. The third-order valence-electron chi connectivity index (χ3n) is 3.37. The molecule has 6 heteroatoms. The van der Waals surface area contributed by atoms with Crippen LogP contribution in [-0.2, 0) is 14.3 Å². The Morgan fingerprint density at radius 2 is 2.09 bits per heavy atom. The standard InChI is InChI=1S/C16H27NO5/c1-16(2,3)22-15(20)17(4)13(14(18)19)10-11-21-12-8-6-5-7-9-12/h6,8,12-13H,5,7,9-11H2,1-4H3,(H,18,19). The zero-order valence-electron chi connectivity index (χ0n) is 13.9. The van der Waals surface area contributed by atoms with E-state index in [1.807, 2.05) is 6.08 Å². The van der Waals surface area contributed by atoms with Gasteiger partial charge in [0.2, 0.25) is 0 Å². The molecule has 126 valence electrons. The van der Waals surface area contributed by atoms with E-state index >= 15 is 0 Å². The van der Waals surface area contributed by atoms with Gasteiger partial charge >= 0.3 is 12.1 Å². The summed E-state index contributed by atoms with van der Waals surface area (Å²) in [6, 6.07) is -0.956. The molecule has 0 saturated carbocycles. The quantitative estimate of drug-likeness (QED) is 0.763. The van der Waals surface area contributed by atoms with E-state index in [4.69, 9.17) is 9.47 Å². The van der Waals surface area contributed by atoms with Gasteiger partial charge in [0.25, 0.3) is 0 Å². The van der Waals surface area contributed by atoms with Gasteiger partial charge in [-0.25, -0.2) is 9.59 Å². The van der Waals surface area contributed by atoms with E-state index in [0.29, 0.717) is 6.61 Å². The van der Waals surface area contributed by atoms with Gasteiger partial charge in [0.1, 0.15) is 11.6 Å². The van der Waals surface area contributed by atoms with Crippen LogP contribution in [0, 0.1) is 0 Å². The van der Waals surface area contributed by atoms with Crippen molar-refractivity contribution < 1.29 is 24.2 Å². The maximum absolute atomic E-state index is 12.0. The van der Waals surface area contributed by atoms with Crippen LogP contribution in [0.2, 0.25) is 0 Å². The van der Waals surface area contributed by atoms with Gasteiger partial charge in [-0.1, -0.05) is 12.2 Å². The van der Waals surface area contributed by atoms with Gasteiger partial charge in [-0.15, -0.1) is 0 Å². The zero-order chi connectivity index (χ0) is 16.8. The van der Waals surface area contributed by atoms with Gasteiger partial charge in [0.15, 0.2) is 0 Å². The van der Waals surface area contributed by atoms with Crippen LogP contribution in [0.1, 0.15) is 46.5 Å². The first kappa shape index (κ1) is 18.5. The molecule has 22 heavy (non-hydrogen) atoms. The molecule has 1 N–H and O–H groups in total. The van der Waals surface area contributed by atoms with E-state index in [2.05, 4.69) is 6.08 Å². The summed E-state index contributed by atoms with van der Waals surface area (Å²) >= 11 is 0. The molecule has 0 aromatic rings. The molecule has 0 spiro atoms. The number of carbonyl (C=O) groups is 2. The minimum Gasteiger partial charge on any atom is -0.480 e. The van der Waals surface area contributed by atoms with E-state index < -0.39 is 23.7 Å². The van der Waals surface area contributed by atoms with E-state index in [1.165, 1.54) is 7.05 Å². The Bertz CT molecular complexity index is 413. The number of likely N-dealkylation sites (N-methyl/N-ethyl adjacent to an activating group) is 1. The Hall–Kier alpha value is -1.56. The summed E-state index contributed by atoms with van der Waals surface area (Å²) in [5.41, 5.74) is -0.655. The van der Waals surface area contributed by atoms with Crippen LogP contribution in [0.3, 0.4) is 0 Å². The van der Waals surface area contributed by atoms with Crippen molar-refractivity contribution >= 4 is 12.1 Å². The van der Waals surface area contributed by atoms with Crippen LogP contribution < -0.4 is 0 Å². The van der Waals surface area contributed by atoms with Crippen LogP contribution in [0.15, 0.2) is 12.2 Å². The zero-order valence-corrected chi connectivity index (χ0v) is 13.9. The van der Waals surface area contributed by atoms with E-state index in [1.54, 1.807) is 20.8 Å². The van der Waals surface area contributed by atoms with Gasteiger partial charge in [-0.05, 0) is 40.0 Å². The molecule has 0 bridgehead atoms. The second-order valence-corrected chi connectivity index (χ2v) is 6.50. The fraction of sp³-hybridized carbons (Fsp3) is 0.750. The van der Waals surface area contributed by atoms with Crippen molar-refractivity contribution in [2.24, 2.45) is 0 Å². The van der Waals surface area contributed by atoms with Gasteiger partial charge < -0.3 is 14.6 Å². The van der Waals surface area contributed by atoms with Crippen LogP contribution in [0.4, 0.5) is 4.79 Å². The second-order valence-electron chi connectivity index (χ2n) is 6.50. The molecule has 1 rings (SSSR count). The summed E-state index contributed by atoms with van der Waals surface area (Å²) in [7, 11) is 1.44. The maximum Gasteiger partial charge on any atom is 0.410 e. The Labute approximate surface area is 132 Å². The van der Waals surface area contributed by atoms with Crippen LogP contribution in [-0.4, -0.2) is 53.5 Å². The molecule has 1 aliphatic rings. The minimum atomic E-state index is -1.06. The molecule has 0 fully saturated rings. The summed E-state index contributed by atoms with van der Waals surface area (Å²) in [6.45, 7) is 5.52. The summed E-state index contributed by atoms with van der Waals surface area (Å²) in [4.78, 5) is 24.5. The fourth-order valence-corrected chi connectivity index (χ4v) is 2.20. The number of carboxylic acids is 1. The smallest absolute Gasteiger partial charge is 0.410 e. The Balaban J connectivity index is 2.50. The topological polar surface area (TPSA) is 76.1 Å². The summed E-state index contributed by atoms with van der Waals surface area (Å²) in [5.74, 6) is -1.06.